The van der Waals surface area contributed by atoms with Gasteiger partial charge in [0.25, 0.3) is 5.69 Å². The Hall–Kier alpha value is -0.810. The minimum Gasteiger partial charge on any atom is -0.258 e. The van der Waals surface area contributed by atoms with Gasteiger partial charge in [0, 0.05) is 20.6 Å². The molecule has 0 amide bonds. The summed E-state index contributed by atoms with van der Waals surface area (Å²) in [6, 6.07) is 4.43. The predicted molar refractivity (Wildman–Crippen MR) is 57.8 cm³/mol. The molecule has 4 nitrogen and oxygen atoms in total. The van der Waals surface area contributed by atoms with E-state index in [1.165, 1.54) is 12.1 Å². The Kier molecular flexibility index (Phi) is 3.11. The molecule has 0 radical (unpaired) electrons. The summed E-state index contributed by atoms with van der Waals surface area (Å²) in [5.41, 5.74) is 0.168. The van der Waals surface area contributed by atoms with E-state index in [0.29, 0.717) is 8.47 Å². The lowest BCUT2D eigenvalue weighted by Crippen LogP contribution is -1.92. The second-order valence-corrected chi connectivity index (χ2v) is 3.76. The molecular formula is C7H3IN2O2S. The van der Waals surface area contributed by atoms with E-state index in [-0.39, 0.29) is 11.3 Å². The zero-order valence-corrected chi connectivity index (χ0v) is 9.24. The summed E-state index contributed by atoms with van der Waals surface area (Å²) in [7, 11) is 0. The number of non-ortho nitro benzene ring substituents is 1. The molecule has 0 aliphatic rings. The molecule has 0 spiro atoms. The zero-order valence-electron chi connectivity index (χ0n) is 6.19. The van der Waals surface area contributed by atoms with E-state index in [1.807, 2.05) is 28.7 Å². The van der Waals surface area contributed by atoms with Crippen LogP contribution in [0, 0.1) is 25.0 Å². The molecule has 0 N–H and O–H groups in total. The van der Waals surface area contributed by atoms with Crippen LogP contribution in [0.15, 0.2) is 17.0 Å². The van der Waals surface area contributed by atoms with Crippen LogP contribution >= 0.6 is 35.2 Å². The van der Waals surface area contributed by atoms with Gasteiger partial charge in [0.2, 0.25) is 0 Å². The van der Waals surface area contributed by atoms with Gasteiger partial charge in [-0.15, -0.1) is 12.6 Å². The van der Waals surface area contributed by atoms with Crippen molar-refractivity contribution in [3.05, 3.63) is 31.4 Å². The highest BCUT2D eigenvalue weighted by Gasteiger charge is 2.12. The molecule has 1 aromatic rings. The SMILES string of the molecule is N#Cc1cc([N+](=O)[O-])cc(S)c1I. The summed E-state index contributed by atoms with van der Waals surface area (Å²) in [6.45, 7) is 0. The molecule has 0 unspecified atom stereocenters. The highest BCUT2D eigenvalue weighted by molar-refractivity contribution is 14.1. The maximum Gasteiger partial charge on any atom is 0.271 e. The first-order valence-corrected chi connectivity index (χ1v) is 4.66. The summed E-state index contributed by atoms with van der Waals surface area (Å²) >= 11 is 5.95. The Morgan fingerprint density at radius 3 is 2.69 bits per heavy atom. The minimum atomic E-state index is -0.545. The third-order valence-electron chi connectivity index (χ3n) is 1.37. The molecule has 0 atom stereocenters. The first-order valence-electron chi connectivity index (χ1n) is 3.13. The fraction of sp³-hybridized carbons (Fsp3) is 0. The number of nitriles is 1. The Labute approximate surface area is 93.3 Å². The molecule has 1 aromatic carbocycles. The van der Waals surface area contributed by atoms with Gasteiger partial charge in [-0.2, -0.15) is 5.26 Å². The molecule has 0 aliphatic heterocycles. The molecule has 0 bridgehead atoms. The number of hydrogen-bond acceptors (Lipinski definition) is 4. The molecule has 0 saturated carbocycles. The summed E-state index contributed by atoms with van der Waals surface area (Å²) in [4.78, 5) is 10.3. The quantitative estimate of drug-likeness (QED) is 0.375. The molecule has 0 heterocycles. The number of thiol groups is 1. The molecule has 13 heavy (non-hydrogen) atoms. The second kappa shape index (κ2) is 3.93. The molecule has 1 rings (SSSR count). The first kappa shape index (κ1) is 10.3. The van der Waals surface area contributed by atoms with Crippen molar-refractivity contribution in [3.63, 3.8) is 0 Å². The van der Waals surface area contributed by atoms with Crippen LogP contribution in [0.1, 0.15) is 5.56 Å². The van der Waals surface area contributed by atoms with Crippen LogP contribution < -0.4 is 0 Å². The molecule has 0 fully saturated rings. The number of nitro benzene ring substituents is 1. The van der Waals surface area contributed by atoms with E-state index in [2.05, 4.69) is 12.6 Å². The van der Waals surface area contributed by atoms with Gasteiger partial charge in [-0.1, -0.05) is 0 Å². The predicted octanol–water partition coefficient (Wildman–Crippen LogP) is 2.36. The maximum atomic E-state index is 10.4. The monoisotopic (exact) mass is 306 g/mol. The Morgan fingerprint density at radius 1 is 1.62 bits per heavy atom. The number of benzene rings is 1. The lowest BCUT2D eigenvalue weighted by atomic mass is 10.2. The van der Waals surface area contributed by atoms with Gasteiger partial charge in [0.15, 0.2) is 0 Å². The minimum absolute atomic E-state index is 0.109. The van der Waals surface area contributed by atoms with E-state index in [0.717, 1.165) is 0 Å². The Morgan fingerprint density at radius 2 is 2.23 bits per heavy atom. The summed E-state index contributed by atoms with van der Waals surface area (Å²) in [6.07, 6.45) is 0. The van der Waals surface area contributed by atoms with Crippen LogP contribution in [0.4, 0.5) is 5.69 Å². The van der Waals surface area contributed by atoms with Gasteiger partial charge >= 0.3 is 0 Å². The molecule has 66 valence electrons. The summed E-state index contributed by atoms with van der Waals surface area (Å²) in [5, 5.41) is 19.0. The maximum absolute atomic E-state index is 10.4. The third-order valence-corrected chi connectivity index (χ3v) is 3.31. The molecule has 0 saturated heterocycles. The Bertz CT molecular complexity index is 414. The van der Waals surface area contributed by atoms with E-state index < -0.39 is 4.92 Å². The lowest BCUT2D eigenvalue weighted by molar-refractivity contribution is -0.385. The summed E-state index contributed by atoms with van der Waals surface area (Å²) in [5.74, 6) is 0. The first-order chi connectivity index (χ1) is 6.06. The van der Waals surface area contributed by atoms with Crippen LogP contribution in [0.3, 0.4) is 0 Å². The van der Waals surface area contributed by atoms with Gasteiger partial charge in [-0.25, -0.2) is 0 Å². The molecule has 0 aliphatic carbocycles. The van der Waals surface area contributed by atoms with Crippen molar-refractivity contribution < 1.29 is 4.92 Å². The fourth-order valence-electron chi connectivity index (χ4n) is 0.781. The van der Waals surface area contributed by atoms with Crippen LogP contribution in [0.2, 0.25) is 0 Å². The fourth-order valence-corrected chi connectivity index (χ4v) is 1.47. The lowest BCUT2D eigenvalue weighted by Gasteiger charge is -1.98. The standard InChI is InChI=1S/C7H3IN2O2S/c8-7-4(3-9)1-5(10(11)12)2-6(7)13/h1-2,13H. The van der Waals surface area contributed by atoms with Crippen molar-refractivity contribution >= 4 is 40.9 Å². The smallest absolute Gasteiger partial charge is 0.258 e. The largest absolute Gasteiger partial charge is 0.271 e. The van der Waals surface area contributed by atoms with Gasteiger partial charge in [0.05, 0.1) is 10.5 Å². The van der Waals surface area contributed by atoms with Crippen molar-refractivity contribution in [1.29, 1.82) is 5.26 Å². The van der Waals surface area contributed by atoms with Crippen molar-refractivity contribution in [2.45, 2.75) is 4.90 Å². The molecular weight excluding hydrogens is 303 g/mol. The van der Waals surface area contributed by atoms with E-state index in [1.54, 1.807) is 0 Å². The van der Waals surface area contributed by atoms with Gasteiger partial charge in [0.1, 0.15) is 6.07 Å². The number of rotatable bonds is 1. The van der Waals surface area contributed by atoms with Crippen molar-refractivity contribution in [1.82, 2.24) is 0 Å². The highest BCUT2D eigenvalue weighted by atomic mass is 127. The normalized spacial score (nSPS) is 9.31. The van der Waals surface area contributed by atoms with Crippen molar-refractivity contribution in [2.75, 3.05) is 0 Å². The van der Waals surface area contributed by atoms with Gasteiger partial charge in [-0.3, -0.25) is 10.1 Å². The van der Waals surface area contributed by atoms with Crippen molar-refractivity contribution in [2.24, 2.45) is 0 Å². The molecule has 0 aromatic heterocycles. The average molecular weight is 306 g/mol. The van der Waals surface area contributed by atoms with Gasteiger partial charge < -0.3 is 0 Å². The second-order valence-electron chi connectivity index (χ2n) is 2.20. The van der Waals surface area contributed by atoms with E-state index >= 15 is 0 Å². The number of nitro groups is 1. The van der Waals surface area contributed by atoms with Gasteiger partial charge in [-0.05, 0) is 22.6 Å². The topological polar surface area (TPSA) is 66.9 Å². The van der Waals surface area contributed by atoms with Crippen LogP contribution in [-0.2, 0) is 0 Å². The average Bonchev–Trinajstić information content (AvgIpc) is 2.09. The van der Waals surface area contributed by atoms with Crippen molar-refractivity contribution in [3.8, 4) is 6.07 Å². The third kappa shape index (κ3) is 2.10. The number of hydrogen-bond donors (Lipinski definition) is 1. The van der Waals surface area contributed by atoms with E-state index in [9.17, 15) is 10.1 Å². The molecule has 6 heteroatoms. The van der Waals surface area contributed by atoms with Crippen LogP contribution in [-0.4, -0.2) is 4.92 Å². The summed E-state index contributed by atoms with van der Waals surface area (Å²) < 4.78 is 0.633. The Balaban J connectivity index is 3.41. The number of nitrogens with zero attached hydrogens (tertiary/aromatic N) is 2. The zero-order chi connectivity index (χ0) is 10.0. The highest BCUT2D eigenvalue weighted by Crippen LogP contribution is 2.26. The van der Waals surface area contributed by atoms with Crippen LogP contribution in [0.5, 0.6) is 0 Å². The van der Waals surface area contributed by atoms with E-state index in [4.69, 9.17) is 5.26 Å². The van der Waals surface area contributed by atoms with Crippen LogP contribution in [0.25, 0.3) is 0 Å². The number of halogens is 1.